The fraction of sp³-hybridized carbons (Fsp3) is 0.714. The van der Waals surface area contributed by atoms with Crippen LogP contribution in [0.5, 0.6) is 0 Å². The first-order chi connectivity index (χ1) is 5.65. The van der Waals surface area contributed by atoms with E-state index in [4.69, 9.17) is 0 Å². The summed E-state index contributed by atoms with van der Waals surface area (Å²) in [5, 5.41) is 0. The van der Waals surface area contributed by atoms with E-state index in [1.165, 1.54) is 0 Å². The minimum atomic E-state index is -1.15. The number of carbonyl (C=O) groups excluding carboxylic acids is 2. The van der Waals surface area contributed by atoms with Crippen molar-refractivity contribution >= 4 is 12.1 Å². The van der Waals surface area contributed by atoms with Gasteiger partial charge in [-0.25, -0.2) is 9.18 Å². The van der Waals surface area contributed by atoms with Gasteiger partial charge in [-0.2, -0.15) is 0 Å². The van der Waals surface area contributed by atoms with Crippen molar-refractivity contribution in [2.45, 2.75) is 19.5 Å². The van der Waals surface area contributed by atoms with Gasteiger partial charge in [0.05, 0.1) is 12.5 Å². The maximum Gasteiger partial charge on any atom is 0.516 e. The van der Waals surface area contributed by atoms with Gasteiger partial charge in [0.2, 0.25) is 0 Å². The van der Waals surface area contributed by atoms with E-state index in [1.54, 1.807) is 6.92 Å². The Bertz CT molecular complexity index is 204. The topological polar surface area (TPSA) is 52.6 Å². The van der Waals surface area contributed by atoms with Crippen LogP contribution in [0.25, 0.3) is 0 Å². The number of alkyl halides is 1. The zero-order chi connectivity index (χ0) is 9.14. The lowest BCUT2D eigenvalue weighted by Crippen LogP contribution is -2.15. The first-order valence-electron chi connectivity index (χ1n) is 3.67. The maximum atomic E-state index is 12.2. The van der Waals surface area contributed by atoms with Gasteiger partial charge >= 0.3 is 12.1 Å². The minimum absolute atomic E-state index is 0.135. The van der Waals surface area contributed by atoms with Crippen molar-refractivity contribution in [1.82, 2.24) is 0 Å². The highest BCUT2D eigenvalue weighted by Gasteiger charge is 2.46. The molecule has 1 aliphatic carbocycles. The summed E-state index contributed by atoms with van der Waals surface area (Å²) in [6.07, 6.45) is -2.05. The average Bonchev–Trinajstić information content (AvgIpc) is 2.67. The average molecular weight is 176 g/mol. The van der Waals surface area contributed by atoms with Crippen molar-refractivity contribution in [1.29, 1.82) is 0 Å². The number of carbonyl (C=O) groups is 2. The fourth-order valence-electron chi connectivity index (χ4n) is 0.713. The lowest BCUT2D eigenvalue weighted by atomic mass is 10.4. The smallest absolute Gasteiger partial charge is 0.434 e. The monoisotopic (exact) mass is 176 g/mol. The van der Waals surface area contributed by atoms with E-state index in [-0.39, 0.29) is 13.0 Å². The molecular weight excluding hydrogens is 167 g/mol. The largest absolute Gasteiger partial charge is 0.516 e. The van der Waals surface area contributed by atoms with E-state index in [9.17, 15) is 14.0 Å². The lowest BCUT2D eigenvalue weighted by Gasteiger charge is -2.00. The van der Waals surface area contributed by atoms with Crippen molar-refractivity contribution in [2.75, 3.05) is 6.61 Å². The highest BCUT2D eigenvalue weighted by atomic mass is 19.1. The summed E-state index contributed by atoms with van der Waals surface area (Å²) < 4.78 is 20.7. The summed E-state index contributed by atoms with van der Waals surface area (Å²) in [6, 6.07) is 0. The normalized spacial score (nSPS) is 26.2. The van der Waals surface area contributed by atoms with Crippen LogP contribution in [0.1, 0.15) is 13.3 Å². The Morgan fingerprint density at radius 3 is 2.58 bits per heavy atom. The van der Waals surface area contributed by atoms with Crippen LogP contribution in [-0.4, -0.2) is 24.9 Å². The Labute approximate surface area is 68.6 Å². The van der Waals surface area contributed by atoms with E-state index in [0.717, 1.165) is 0 Å². The van der Waals surface area contributed by atoms with Crippen molar-refractivity contribution in [3.63, 3.8) is 0 Å². The van der Waals surface area contributed by atoms with Crippen LogP contribution in [0.4, 0.5) is 9.18 Å². The van der Waals surface area contributed by atoms with Gasteiger partial charge in [-0.3, -0.25) is 4.79 Å². The standard InChI is InChI=1S/C7H9FO4/c1-2-11-7(10)12-6(9)4-3-5(4)8/h4-5H,2-3H2,1H3. The molecule has 1 fully saturated rings. The number of ether oxygens (including phenoxy) is 2. The van der Waals surface area contributed by atoms with E-state index < -0.39 is 24.2 Å². The van der Waals surface area contributed by atoms with Gasteiger partial charge in [0.25, 0.3) is 0 Å². The van der Waals surface area contributed by atoms with Gasteiger partial charge in [-0.15, -0.1) is 0 Å². The summed E-state index contributed by atoms with van der Waals surface area (Å²) in [5.74, 6) is -1.59. The van der Waals surface area contributed by atoms with Crippen molar-refractivity contribution in [3.05, 3.63) is 0 Å². The molecule has 0 bridgehead atoms. The van der Waals surface area contributed by atoms with Crippen molar-refractivity contribution in [2.24, 2.45) is 5.92 Å². The van der Waals surface area contributed by atoms with Gasteiger partial charge in [0, 0.05) is 0 Å². The molecule has 0 saturated heterocycles. The zero-order valence-electron chi connectivity index (χ0n) is 6.58. The Hall–Kier alpha value is -1.13. The summed E-state index contributed by atoms with van der Waals surface area (Å²) in [6.45, 7) is 1.72. The Balaban J connectivity index is 2.22. The molecule has 68 valence electrons. The molecule has 0 radical (unpaired) electrons. The van der Waals surface area contributed by atoms with Crippen LogP contribution < -0.4 is 0 Å². The van der Waals surface area contributed by atoms with Gasteiger partial charge in [-0.1, -0.05) is 0 Å². The van der Waals surface area contributed by atoms with E-state index in [1.807, 2.05) is 0 Å². The molecule has 0 N–H and O–H groups in total. The molecule has 2 atom stereocenters. The molecule has 0 aromatic heterocycles. The molecule has 2 unspecified atom stereocenters. The van der Waals surface area contributed by atoms with Crippen LogP contribution in [0.15, 0.2) is 0 Å². The third-order valence-electron chi connectivity index (χ3n) is 1.46. The molecule has 0 amide bonds. The van der Waals surface area contributed by atoms with Crippen LogP contribution >= 0.6 is 0 Å². The molecule has 0 aromatic rings. The van der Waals surface area contributed by atoms with Gasteiger partial charge in [0.15, 0.2) is 0 Å². The Morgan fingerprint density at radius 1 is 1.58 bits per heavy atom. The van der Waals surface area contributed by atoms with Crippen LogP contribution in [0.2, 0.25) is 0 Å². The van der Waals surface area contributed by atoms with Crippen molar-refractivity contribution in [3.8, 4) is 0 Å². The number of hydrogen-bond donors (Lipinski definition) is 0. The molecule has 12 heavy (non-hydrogen) atoms. The van der Waals surface area contributed by atoms with E-state index >= 15 is 0 Å². The second kappa shape index (κ2) is 3.51. The maximum absolute atomic E-state index is 12.2. The number of hydrogen-bond acceptors (Lipinski definition) is 4. The molecule has 0 aliphatic heterocycles. The Kier molecular flexibility index (Phi) is 2.62. The predicted octanol–water partition coefficient (Wildman–Crippen LogP) is 1.04. The SMILES string of the molecule is CCOC(=O)OC(=O)C1CC1F. The summed E-state index contributed by atoms with van der Waals surface area (Å²) in [5.41, 5.74) is 0. The van der Waals surface area contributed by atoms with Gasteiger partial charge in [0.1, 0.15) is 6.17 Å². The van der Waals surface area contributed by atoms with Gasteiger partial charge in [-0.05, 0) is 13.3 Å². The quantitative estimate of drug-likeness (QED) is 0.466. The summed E-state index contributed by atoms with van der Waals surface area (Å²) in [7, 11) is 0. The number of esters is 1. The lowest BCUT2D eigenvalue weighted by molar-refractivity contribution is -0.141. The second-order valence-corrected chi connectivity index (χ2v) is 2.46. The highest BCUT2D eigenvalue weighted by molar-refractivity contribution is 5.85. The number of rotatable bonds is 2. The second-order valence-electron chi connectivity index (χ2n) is 2.46. The van der Waals surface area contributed by atoms with Crippen LogP contribution in [0, 0.1) is 5.92 Å². The third kappa shape index (κ3) is 2.18. The van der Waals surface area contributed by atoms with Crippen LogP contribution in [0.3, 0.4) is 0 Å². The molecule has 0 aromatic carbocycles. The van der Waals surface area contributed by atoms with E-state index in [2.05, 4.69) is 9.47 Å². The molecule has 1 saturated carbocycles. The zero-order valence-corrected chi connectivity index (χ0v) is 6.58. The molecule has 0 heterocycles. The molecule has 1 aliphatic rings. The predicted molar refractivity (Wildman–Crippen MR) is 36.1 cm³/mol. The third-order valence-corrected chi connectivity index (χ3v) is 1.46. The summed E-state index contributed by atoms with van der Waals surface area (Å²) >= 11 is 0. The Morgan fingerprint density at radius 2 is 2.17 bits per heavy atom. The minimum Gasteiger partial charge on any atom is -0.434 e. The van der Waals surface area contributed by atoms with Gasteiger partial charge < -0.3 is 9.47 Å². The van der Waals surface area contributed by atoms with E-state index in [0.29, 0.717) is 0 Å². The van der Waals surface area contributed by atoms with Crippen LogP contribution in [-0.2, 0) is 14.3 Å². The molecule has 0 spiro atoms. The molecule has 1 rings (SSSR count). The fourth-order valence-corrected chi connectivity index (χ4v) is 0.713. The molecule has 5 heteroatoms. The number of halogens is 1. The summed E-state index contributed by atoms with van der Waals surface area (Å²) in [4.78, 5) is 21.2. The highest BCUT2D eigenvalue weighted by Crippen LogP contribution is 2.34. The first kappa shape index (κ1) is 8.96. The first-order valence-corrected chi connectivity index (χ1v) is 3.67. The molecule has 4 nitrogen and oxygen atoms in total. The molecular formula is C7H9FO4. The van der Waals surface area contributed by atoms with Crippen molar-refractivity contribution < 1.29 is 23.5 Å².